The van der Waals surface area contributed by atoms with Gasteiger partial charge in [0.1, 0.15) is 11.2 Å². The predicted molar refractivity (Wildman–Crippen MR) is 83.0 cm³/mol. The maximum atomic E-state index is 12.9. The monoisotopic (exact) mass is 315 g/mol. The van der Waals surface area contributed by atoms with Crippen LogP contribution in [0.2, 0.25) is 0 Å². The van der Waals surface area contributed by atoms with Gasteiger partial charge < -0.3 is 14.8 Å². The fraction of sp³-hybridized carbons (Fsp3) is 0.556. The van der Waals surface area contributed by atoms with Gasteiger partial charge in [0.15, 0.2) is 11.5 Å². The van der Waals surface area contributed by atoms with Gasteiger partial charge in [-0.05, 0) is 41.9 Å². The van der Waals surface area contributed by atoms with Gasteiger partial charge in [-0.15, -0.1) is 0 Å². The van der Waals surface area contributed by atoms with Crippen LogP contribution in [0.3, 0.4) is 0 Å². The molecule has 2 fully saturated rings. The molecule has 5 heteroatoms. The first-order chi connectivity index (χ1) is 10.9. The standard InChI is InChI=1S/C18H21NO4/c1-17(2)12-5-6-18(17,15(20)8-12)16(21)19-9-11-3-4-13-14(7-11)23-10-22-13/h3-4,7,12H,5-6,8-10H2,1-2H3,(H,19,21). The van der Waals surface area contributed by atoms with Crippen molar-refractivity contribution < 1.29 is 19.1 Å². The summed E-state index contributed by atoms with van der Waals surface area (Å²) in [6.45, 7) is 4.76. The van der Waals surface area contributed by atoms with Crippen LogP contribution in [0.1, 0.15) is 38.7 Å². The van der Waals surface area contributed by atoms with Crippen molar-refractivity contribution in [3.63, 3.8) is 0 Å². The topological polar surface area (TPSA) is 64.6 Å². The van der Waals surface area contributed by atoms with Gasteiger partial charge in [0.2, 0.25) is 12.7 Å². The zero-order valence-electron chi connectivity index (χ0n) is 13.5. The number of rotatable bonds is 3. The van der Waals surface area contributed by atoms with Crippen molar-refractivity contribution in [2.75, 3.05) is 6.79 Å². The summed E-state index contributed by atoms with van der Waals surface area (Å²) in [7, 11) is 0. The number of hydrogen-bond donors (Lipinski definition) is 1. The third kappa shape index (κ3) is 1.85. The normalized spacial score (nSPS) is 29.8. The predicted octanol–water partition coefficient (Wildman–Crippen LogP) is 2.43. The summed E-state index contributed by atoms with van der Waals surface area (Å²) in [4.78, 5) is 25.4. The van der Waals surface area contributed by atoms with Gasteiger partial charge in [-0.25, -0.2) is 0 Å². The first-order valence-corrected chi connectivity index (χ1v) is 8.15. The molecular formula is C18H21NO4. The molecule has 23 heavy (non-hydrogen) atoms. The van der Waals surface area contributed by atoms with E-state index in [1.54, 1.807) is 0 Å². The number of hydrogen-bond acceptors (Lipinski definition) is 4. The van der Waals surface area contributed by atoms with E-state index >= 15 is 0 Å². The summed E-state index contributed by atoms with van der Waals surface area (Å²) in [6, 6.07) is 5.63. The molecule has 1 aliphatic heterocycles. The third-order valence-electron chi connectivity index (χ3n) is 6.17. The SMILES string of the molecule is CC1(C)C2CCC1(C(=O)NCc1ccc3c(c1)OCO3)C(=O)C2. The summed E-state index contributed by atoms with van der Waals surface area (Å²) in [5, 5.41) is 2.98. The zero-order valence-corrected chi connectivity index (χ0v) is 13.5. The lowest BCUT2D eigenvalue weighted by atomic mass is 9.68. The van der Waals surface area contributed by atoms with Crippen LogP contribution in [0.15, 0.2) is 18.2 Å². The van der Waals surface area contributed by atoms with Gasteiger partial charge >= 0.3 is 0 Å². The van der Waals surface area contributed by atoms with Crippen LogP contribution < -0.4 is 14.8 Å². The first kappa shape index (κ1) is 14.5. The van der Waals surface area contributed by atoms with Crippen molar-refractivity contribution in [3.8, 4) is 11.5 Å². The number of benzene rings is 1. The van der Waals surface area contributed by atoms with Crippen LogP contribution in [0, 0.1) is 16.7 Å². The van der Waals surface area contributed by atoms with Crippen LogP contribution in [0.25, 0.3) is 0 Å². The van der Waals surface area contributed by atoms with Gasteiger partial charge in [0, 0.05) is 13.0 Å². The fourth-order valence-electron chi connectivity index (χ4n) is 4.59. The van der Waals surface area contributed by atoms with Crippen molar-refractivity contribution in [2.45, 2.75) is 39.7 Å². The van der Waals surface area contributed by atoms with E-state index in [4.69, 9.17) is 9.47 Å². The van der Waals surface area contributed by atoms with E-state index in [0.717, 1.165) is 17.7 Å². The number of ketones is 1. The Hall–Kier alpha value is -2.04. The molecule has 2 aliphatic carbocycles. The molecule has 0 spiro atoms. The molecule has 2 atom stereocenters. The van der Waals surface area contributed by atoms with Crippen LogP contribution in [-0.4, -0.2) is 18.5 Å². The number of carbonyl (C=O) groups is 2. The molecule has 1 aromatic carbocycles. The average Bonchev–Trinajstić information content (AvgIpc) is 3.14. The minimum Gasteiger partial charge on any atom is -0.454 e. The minimum absolute atomic E-state index is 0.113. The van der Waals surface area contributed by atoms with E-state index in [1.807, 2.05) is 18.2 Å². The molecule has 3 aliphatic rings. The summed E-state index contributed by atoms with van der Waals surface area (Å²) >= 11 is 0. The molecule has 1 N–H and O–H groups in total. The summed E-state index contributed by atoms with van der Waals surface area (Å²) < 4.78 is 10.6. The number of nitrogens with one attached hydrogen (secondary N) is 1. The van der Waals surface area contributed by atoms with E-state index in [2.05, 4.69) is 19.2 Å². The average molecular weight is 315 g/mol. The van der Waals surface area contributed by atoms with Crippen molar-refractivity contribution in [3.05, 3.63) is 23.8 Å². The molecular weight excluding hydrogens is 294 g/mol. The molecule has 2 saturated carbocycles. The van der Waals surface area contributed by atoms with E-state index in [-0.39, 0.29) is 23.9 Å². The van der Waals surface area contributed by atoms with Crippen molar-refractivity contribution in [1.82, 2.24) is 5.32 Å². The Bertz CT molecular complexity index is 696. The lowest BCUT2D eigenvalue weighted by Gasteiger charge is -2.34. The Balaban J connectivity index is 1.51. The minimum atomic E-state index is -0.839. The second kappa shape index (κ2) is 4.73. The first-order valence-electron chi connectivity index (χ1n) is 8.15. The molecule has 1 amide bonds. The van der Waals surface area contributed by atoms with Gasteiger partial charge in [-0.2, -0.15) is 0 Å². The number of fused-ring (bicyclic) bond motifs is 3. The summed E-state index contributed by atoms with van der Waals surface area (Å²) in [6.07, 6.45) is 2.19. The van der Waals surface area contributed by atoms with Crippen LogP contribution in [0.4, 0.5) is 0 Å². The quantitative estimate of drug-likeness (QED) is 0.870. The van der Waals surface area contributed by atoms with E-state index in [9.17, 15) is 9.59 Å². The van der Waals surface area contributed by atoms with Gasteiger partial charge in [-0.1, -0.05) is 19.9 Å². The van der Waals surface area contributed by atoms with Crippen molar-refractivity contribution >= 4 is 11.7 Å². The number of amides is 1. The molecule has 122 valence electrons. The lowest BCUT2D eigenvalue weighted by molar-refractivity contribution is -0.145. The molecule has 2 unspecified atom stereocenters. The molecule has 5 nitrogen and oxygen atoms in total. The van der Waals surface area contributed by atoms with Gasteiger partial charge in [-0.3, -0.25) is 9.59 Å². The second-order valence-electron chi connectivity index (χ2n) is 7.36. The molecule has 1 aromatic rings. The maximum Gasteiger partial charge on any atom is 0.234 e. The van der Waals surface area contributed by atoms with E-state index < -0.39 is 5.41 Å². The second-order valence-corrected chi connectivity index (χ2v) is 7.36. The maximum absolute atomic E-state index is 12.9. The number of Topliss-reactive ketones (excluding diaryl/α,β-unsaturated/α-hetero) is 1. The highest BCUT2D eigenvalue weighted by molar-refractivity contribution is 6.09. The fourth-order valence-corrected chi connectivity index (χ4v) is 4.59. The van der Waals surface area contributed by atoms with Gasteiger partial charge in [0.05, 0.1) is 0 Å². The molecule has 2 bridgehead atoms. The highest BCUT2D eigenvalue weighted by atomic mass is 16.7. The van der Waals surface area contributed by atoms with Crippen molar-refractivity contribution in [1.29, 1.82) is 0 Å². The molecule has 0 aromatic heterocycles. The van der Waals surface area contributed by atoms with Crippen molar-refractivity contribution in [2.24, 2.45) is 16.7 Å². The third-order valence-corrected chi connectivity index (χ3v) is 6.17. The summed E-state index contributed by atoms with van der Waals surface area (Å²) in [5.74, 6) is 1.76. The van der Waals surface area contributed by atoms with Crippen LogP contribution >= 0.6 is 0 Å². The summed E-state index contributed by atoms with van der Waals surface area (Å²) in [5.41, 5.74) is -0.145. The Morgan fingerprint density at radius 2 is 2.09 bits per heavy atom. The van der Waals surface area contributed by atoms with E-state index in [1.165, 1.54) is 0 Å². The number of ether oxygens (including phenoxy) is 2. The van der Waals surface area contributed by atoms with Crippen LogP contribution in [0.5, 0.6) is 11.5 Å². The molecule has 1 heterocycles. The Labute approximate surface area is 135 Å². The Morgan fingerprint density at radius 1 is 1.30 bits per heavy atom. The smallest absolute Gasteiger partial charge is 0.234 e. The molecule has 0 saturated heterocycles. The van der Waals surface area contributed by atoms with Gasteiger partial charge in [0.25, 0.3) is 0 Å². The van der Waals surface area contributed by atoms with Crippen LogP contribution in [-0.2, 0) is 16.1 Å². The zero-order chi connectivity index (χ0) is 16.2. The highest BCUT2D eigenvalue weighted by Gasteiger charge is 2.67. The Kier molecular flexibility index (Phi) is 2.99. The largest absolute Gasteiger partial charge is 0.454 e. The lowest BCUT2D eigenvalue weighted by Crippen LogP contribution is -2.49. The molecule has 4 rings (SSSR count). The Morgan fingerprint density at radius 3 is 2.78 bits per heavy atom. The number of carbonyl (C=O) groups excluding carboxylic acids is 2. The van der Waals surface area contributed by atoms with E-state index in [0.29, 0.717) is 31.1 Å². The molecule has 0 radical (unpaired) electrons. The highest BCUT2D eigenvalue weighted by Crippen LogP contribution is 2.63.